The maximum absolute atomic E-state index is 12.8. The molecule has 1 atom stereocenters. The van der Waals surface area contributed by atoms with Crippen LogP contribution in [0.4, 0.5) is 5.13 Å². The van der Waals surface area contributed by atoms with Crippen molar-refractivity contribution in [1.82, 2.24) is 14.9 Å². The number of benzene rings is 1. The lowest BCUT2D eigenvalue weighted by Crippen LogP contribution is -2.42. The lowest BCUT2D eigenvalue weighted by molar-refractivity contribution is 0.0655. The first kappa shape index (κ1) is 13.3. The van der Waals surface area contributed by atoms with Gasteiger partial charge in [-0.15, -0.1) is 11.3 Å². The Morgan fingerprint density at radius 3 is 3.09 bits per heavy atom. The number of nitrogens with zero attached hydrogens (tertiary/aromatic N) is 2. The Hall–Kier alpha value is -2.34. The first-order valence-corrected chi connectivity index (χ1v) is 8.06. The lowest BCUT2D eigenvalue weighted by Gasteiger charge is -2.32. The Morgan fingerprint density at radius 1 is 1.45 bits per heavy atom. The molecule has 0 saturated heterocycles. The number of carbonyl (C=O) groups is 1. The number of carbonyl (C=O) groups excluding carboxylic acids is 1. The molecule has 6 heteroatoms. The van der Waals surface area contributed by atoms with Crippen LogP contribution in [0, 0.1) is 0 Å². The lowest BCUT2D eigenvalue weighted by atomic mass is 10.1. The predicted molar refractivity (Wildman–Crippen MR) is 87.9 cm³/mol. The molecular weight excluding hydrogens is 296 g/mol. The summed E-state index contributed by atoms with van der Waals surface area (Å²) in [6.45, 7) is 2.64. The number of aromatic nitrogens is 2. The minimum atomic E-state index is 0.0290. The molecule has 112 valence electrons. The van der Waals surface area contributed by atoms with Crippen LogP contribution < -0.4 is 5.73 Å². The molecule has 0 radical (unpaired) electrons. The third kappa shape index (κ3) is 2.07. The summed E-state index contributed by atoms with van der Waals surface area (Å²) in [7, 11) is 0. The van der Waals surface area contributed by atoms with E-state index in [1.165, 1.54) is 11.3 Å². The smallest absolute Gasteiger partial charge is 0.270 e. The van der Waals surface area contributed by atoms with Crippen LogP contribution >= 0.6 is 11.3 Å². The van der Waals surface area contributed by atoms with Gasteiger partial charge in [-0.2, -0.15) is 0 Å². The third-order valence-electron chi connectivity index (χ3n) is 4.15. The van der Waals surface area contributed by atoms with Gasteiger partial charge in [0.1, 0.15) is 5.69 Å². The molecule has 0 aliphatic carbocycles. The van der Waals surface area contributed by atoms with Crippen molar-refractivity contribution in [2.24, 2.45) is 0 Å². The number of para-hydroxylation sites is 1. The molecule has 5 nitrogen and oxygen atoms in total. The summed E-state index contributed by atoms with van der Waals surface area (Å²) in [4.78, 5) is 23.4. The quantitative estimate of drug-likeness (QED) is 0.725. The normalized spacial score (nSPS) is 17.7. The summed E-state index contributed by atoms with van der Waals surface area (Å²) in [6.07, 6.45) is 0.759. The molecule has 1 aliphatic rings. The summed E-state index contributed by atoms with van der Waals surface area (Å²) in [5.74, 6) is 0.0290. The maximum atomic E-state index is 12.8. The van der Waals surface area contributed by atoms with Gasteiger partial charge in [0.05, 0.1) is 12.2 Å². The van der Waals surface area contributed by atoms with Crippen molar-refractivity contribution in [3.05, 3.63) is 46.6 Å². The highest BCUT2D eigenvalue weighted by Crippen LogP contribution is 2.30. The van der Waals surface area contributed by atoms with Gasteiger partial charge >= 0.3 is 0 Å². The van der Waals surface area contributed by atoms with Crippen molar-refractivity contribution in [1.29, 1.82) is 0 Å². The van der Waals surface area contributed by atoms with Crippen LogP contribution in [0.25, 0.3) is 10.9 Å². The van der Waals surface area contributed by atoms with E-state index in [0.717, 1.165) is 27.9 Å². The highest BCUT2D eigenvalue weighted by atomic mass is 32.1. The van der Waals surface area contributed by atoms with Crippen molar-refractivity contribution in [2.75, 3.05) is 5.73 Å². The molecule has 3 aromatic rings. The first-order valence-electron chi connectivity index (χ1n) is 7.24. The minimum absolute atomic E-state index is 0.0290. The molecule has 1 aromatic carbocycles. The average Bonchev–Trinajstić information content (AvgIpc) is 3.07. The fraction of sp³-hybridized carbons (Fsp3) is 0.250. The monoisotopic (exact) mass is 312 g/mol. The number of nitrogens with one attached hydrogen (secondary N) is 1. The van der Waals surface area contributed by atoms with Crippen molar-refractivity contribution >= 4 is 33.3 Å². The van der Waals surface area contributed by atoms with Gasteiger partial charge in [0.15, 0.2) is 5.13 Å². The number of H-pyrrole nitrogens is 1. The van der Waals surface area contributed by atoms with E-state index in [1.54, 1.807) is 0 Å². The summed E-state index contributed by atoms with van der Waals surface area (Å²) in [5, 5.41) is 1.63. The predicted octanol–water partition coefficient (Wildman–Crippen LogP) is 2.79. The zero-order chi connectivity index (χ0) is 15.3. The Morgan fingerprint density at radius 2 is 2.27 bits per heavy atom. The van der Waals surface area contributed by atoms with Crippen molar-refractivity contribution < 1.29 is 4.79 Å². The third-order valence-corrected chi connectivity index (χ3v) is 5.06. The maximum Gasteiger partial charge on any atom is 0.270 e. The van der Waals surface area contributed by atoms with Crippen molar-refractivity contribution in [3.63, 3.8) is 0 Å². The molecule has 22 heavy (non-hydrogen) atoms. The van der Waals surface area contributed by atoms with Crippen LogP contribution in [-0.2, 0) is 13.0 Å². The largest absolute Gasteiger partial charge is 0.375 e. The molecule has 3 heterocycles. The molecular formula is C16H16N4OS. The second kappa shape index (κ2) is 4.84. The molecule has 3 N–H and O–H groups in total. The van der Waals surface area contributed by atoms with Gasteiger partial charge in [-0.25, -0.2) is 4.98 Å². The molecule has 0 bridgehead atoms. The van der Waals surface area contributed by atoms with Crippen LogP contribution in [0.15, 0.2) is 30.3 Å². The molecule has 0 spiro atoms. The van der Waals surface area contributed by atoms with Crippen LogP contribution in [0.2, 0.25) is 0 Å². The van der Waals surface area contributed by atoms with Crippen LogP contribution in [0.1, 0.15) is 28.0 Å². The highest BCUT2D eigenvalue weighted by molar-refractivity contribution is 7.15. The fourth-order valence-electron chi connectivity index (χ4n) is 3.00. The summed E-state index contributed by atoms with van der Waals surface area (Å²) >= 11 is 1.48. The minimum Gasteiger partial charge on any atom is -0.375 e. The van der Waals surface area contributed by atoms with Gasteiger partial charge < -0.3 is 15.6 Å². The van der Waals surface area contributed by atoms with E-state index in [4.69, 9.17) is 5.73 Å². The van der Waals surface area contributed by atoms with Gasteiger partial charge in [0, 0.05) is 28.2 Å². The molecule has 2 aromatic heterocycles. The highest BCUT2D eigenvalue weighted by Gasteiger charge is 2.30. The van der Waals surface area contributed by atoms with E-state index in [0.29, 0.717) is 17.4 Å². The van der Waals surface area contributed by atoms with Gasteiger partial charge in [-0.3, -0.25) is 4.79 Å². The van der Waals surface area contributed by atoms with E-state index >= 15 is 0 Å². The fourth-order valence-corrected chi connectivity index (χ4v) is 3.86. The Kier molecular flexibility index (Phi) is 2.94. The number of anilines is 1. The number of nitrogen functional groups attached to an aromatic ring is 1. The standard InChI is InChI=1S/C16H16N4OS/c1-9-6-12-14(22-16(17)19-12)8-20(9)15(21)13-7-10-4-2-3-5-11(10)18-13/h2-5,7,9,18H,6,8H2,1H3,(H2,17,19). The van der Waals surface area contributed by atoms with Gasteiger partial charge in [0.25, 0.3) is 5.91 Å². The van der Waals surface area contributed by atoms with E-state index in [-0.39, 0.29) is 11.9 Å². The van der Waals surface area contributed by atoms with Crippen molar-refractivity contribution in [3.8, 4) is 0 Å². The SMILES string of the molecule is CC1Cc2nc(N)sc2CN1C(=O)c1cc2ccccc2[nH]1. The molecule has 4 rings (SSSR count). The second-order valence-corrected chi connectivity index (χ2v) is 6.79. The number of hydrogen-bond acceptors (Lipinski definition) is 4. The van der Waals surface area contributed by atoms with Gasteiger partial charge in [0.2, 0.25) is 0 Å². The van der Waals surface area contributed by atoms with Gasteiger partial charge in [-0.05, 0) is 19.1 Å². The molecule has 0 fully saturated rings. The van der Waals surface area contributed by atoms with Crippen molar-refractivity contribution in [2.45, 2.75) is 25.9 Å². The molecule has 1 aliphatic heterocycles. The van der Waals surface area contributed by atoms with E-state index in [2.05, 4.69) is 16.9 Å². The van der Waals surface area contributed by atoms with Crippen LogP contribution in [-0.4, -0.2) is 26.8 Å². The zero-order valence-corrected chi connectivity index (χ0v) is 13.0. The van der Waals surface area contributed by atoms with Crippen LogP contribution in [0.5, 0.6) is 0 Å². The Labute approximate surface area is 131 Å². The zero-order valence-electron chi connectivity index (χ0n) is 12.2. The summed E-state index contributed by atoms with van der Waals surface area (Å²) in [6, 6.07) is 9.95. The van der Waals surface area contributed by atoms with E-state index < -0.39 is 0 Å². The van der Waals surface area contributed by atoms with E-state index in [1.807, 2.05) is 35.2 Å². The number of fused-ring (bicyclic) bond motifs is 2. The number of rotatable bonds is 1. The molecule has 1 unspecified atom stereocenters. The second-order valence-electron chi connectivity index (χ2n) is 5.68. The topological polar surface area (TPSA) is 75.0 Å². The number of hydrogen-bond donors (Lipinski definition) is 2. The Balaban J connectivity index is 1.67. The number of nitrogens with two attached hydrogens (primary N) is 1. The molecule has 1 amide bonds. The van der Waals surface area contributed by atoms with Crippen LogP contribution in [0.3, 0.4) is 0 Å². The Bertz CT molecular complexity index is 833. The summed E-state index contributed by atoms with van der Waals surface area (Å²) < 4.78 is 0. The summed E-state index contributed by atoms with van der Waals surface area (Å²) in [5.41, 5.74) is 8.44. The van der Waals surface area contributed by atoms with Gasteiger partial charge in [-0.1, -0.05) is 18.2 Å². The van der Waals surface area contributed by atoms with E-state index in [9.17, 15) is 4.79 Å². The molecule has 0 saturated carbocycles. The first-order chi connectivity index (χ1) is 10.6. The number of thiazole rings is 1. The average molecular weight is 312 g/mol. The number of amides is 1. The number of aromatic amines is 1.